The Morgan fingerprint density at radius 3 is 2.84 bits per heavy atom. The van der Waals surface area contributed by atoms with Gasteiger partial charge in [0.05, 0.1) is 6.10 Å². The summed E-state index contributed by atoms with van der Waals surface area (Å²) in [5, 5.41) is 1.39. The van der Waals surface area contributed by atoms with Crippen molar-refractivity contribution in [3.63, 3.8) is 0 Å². The molecule has 106 valence electrons. The number of nitrogens with zero attached hydrogens (tertiary/aromatic N) is 1. The molecule has 1 aliphatic rings. The minimum absolute atomic E-state index is 0.325. The van der Waals surface area contributed by atoms with Gasteiger partial charge in [0, 0.05) is 42.8 Å². The van der Waals surface area contributed by atoms with Crippen LogP contribution in [-0.2, 0) is 11.3 Å². The summed E-state index contributed by atoms with van der Waals surface area (Å²) in [5.41, 5.74) is 6.97. The highest BCUT2D eigenvalue weighted by atomic mass is 35.5. The molecule has 1 aromatic carbocycles. The highest BCUT2D eigenvalue weighted by Gasteiger charge is 2.27. The monoisotopic (exact) mass is 302 g/mol. The van der Waals surface area contributed by atoms with E-state index < -0.39 is 0 Å². The van der Waals surface area contributed by atoms with E-state index in [0.717, 1.165) is 36.5 Å². The second-order valence-corrected chi connectivity index (χ2v) is 5.82. The molecule has 2 N–H and O–H groups in total. The van der Waals surface area contributed by atoms with Crippen molar-refractivity contribution in [1.29, 1.82) is 0 Å². The Bertz CT molecular complexity index is 428. The molecule has 2 rings (SSSR count). The second kappa shape index (κ2) is 6.91. The molecule has 3 nitrogen and oxygen atoms in total. The van der Waals surface area contributed by atoms with Crippen molar-refractivity contribution < 1.29 is 4.74 Å². The Labute approximate surface area is 124 Å². The van der Waals surface area contributed by atoms with Gasteiger partial charge < -0.3 is 10.5 Å². The van der Waals surface area contributed by atoms with Gasteiger partial charge in [-0.25, -0.2) is 0 Å². The molecule has 0 saturated carbocycles. The molecular weight excluding hydrogens is 283 g/mol. The quantitative estimate of drug-likeness (QED) is 0.929. The van der Waals surface area contributed by atoms with Gasteiger partial charge in [-0.05, 0) is 30.5 Å². The summed E-state index contributed by atoms with van der Waals surface area (Å²) in [6.07, 6.45) is 2.35. The maximum atomic E-state index is 6.23. The van der Waals surface area contributed by atoms with Crippen molar-refractivity contribution in [2.24, 2.45) is 5.73 Å². The molecule has 1 saturated heterocycles. The molecule has 1 aromatic rings. The number of ether oxygens (including phenoxy) is 1. The molecule has 5 heteroatoms. The van der Waals surface area contributed by atoms with Crippen LogP contribution in [0.15, 0.2) is 18.2 Å². The normalized spacial score (nSPS) is 24.6. The minimum atomic E-state index is 0.325. The minimum Gasteiger partial charge on any atom is -0.381 e. The number of piperidine rings is 1. The number of halogens is 2. The van der Waals surface area contributed by atoms with Crippen LogP contribution in [0.2, 0.25) is 10.0 Å². The lowest BCUT2D eigenvalue weighted by Crippen LogP contribution is -2.48. The molecule has 0 spiro atoms. The second-order valence-electron chi connectivity index (χ2n) is 4.98. The van der Waals surface area contributed by atoms with Gasteiger partial charge in [-0.15, -0.1) is 0 Å². The molecule has 0 amide bonds. The van der Waals surface area contributed by atoms with E-state index in [1.54, 1.807) is 13.2 Å². The van der Waals surface area contributed by atoms with E-state index in [1.165, 1.54) is 0 Å². The molecule has 0 radical (unpaired) electrons. The van der Waals surface area contributed by atoms with Gasteiger partial charge in [0.15, 0.2) is 0 Å². The van der Waals surface area contributed by atoms with Crippen LogP contribution in [-0.4, -0.2) is 37.2 Å². The first-order valence-corrected chi connectivity index (χ1v) is 7.30. The van der Waals surface area contributed by atoms with Crippen LogP contribution in [0.25, 0.3) is 0 Å². The number of nitrogens with two attached hydrogens (primary N) is 1. The van der Waals surface area contributed by atoms with E-state index >= 15 is 0 Å². The van der Waals surface area contributed by atoms with Crippen molar-refractivity contribution in [3.8, 4) is 0 Å². The van der Waals surface area contributed by atoms with Crippen molar-refractivity contribution in [2.75, 3.05) is 20.2 Å². The van der Waals surface area contributed by atoms with E-state index in [0.29, 0.717) is 23.7 Å². The molecule has 1 aliphatic heterocycles. The highest BCUT2D eigenvalue weighted by Crippen LogP contribution is 2.26. The Morgan fingerprint density at radius 1 is 1.42 bits per heavy atom. The van der Waals surface area contributed by atoms with Crippen LogP contribution in [0.3, 0.4) is 0 Å². The average molecular weight is 303 g/mol. The van der Waals surface area contributed by atoms with Crippen LogP contribution in [0, 0.1) is 0 Å². The zero-order chi connectivity index (χ0) is 13.8. The first-order chi connectivity index (χ1) is 9.13. The van der Waals surface area contributed by atoms with Gasteiger partial charge >= 0.3 is 0 Å². The van der Waals surface area contributed by atoms with Crippen LogP contribution in [0.4, 0.5) is 0 Å². The lowest BCUT2D eigenvalue weighted by molar-refractivity contribution is 0.0102. The van der Waals surface area contributed by atoms with Crippen molar-refractivity contribution in [1.82, 2.24) is 4.90 Å². The molecule has 0 aliphatic carbocycles. The van der Waals surface area contributed by atoms with Gasteiger partial charge in [-0.2, -0.15) is 0 Å². The summed E-state index contributed by atoms with van der Waals surface area (Å²) in [5.74, 6) is 0. The fourth-order valence-corrected chi connectivity index (χ4v) is 3.07. The smallest absolute Gasteiger partial charge is 0.0599 e. The molecule has 2 unspecified atom stereocenters. The summed E-state index contributed by atoms with van der Waals surface area (Å²) in [6, 6.07) is 6.01. The third kappa shape index (κ3) is 3.83. The molecule has 0 bridgehead atoms. The van der Waals surface area contributed by atoms with Crippen LogP contribution < -0.4 is 5.73 Å². The van der Waals surface area contributed by atoms with Crippen LogP contribution in [0.5, 0.6) is 0 Å². The number of hydrogen-bond donors (Lipinski definition) is 1. The zero-order valence-electron chi connectivity index (χ0n) is 11.1. The predicted molar refractivity (Wildman–Crippen MR) is 79.7 cm³/mol. The maximum absolute atomic E-state index is 6.23. The van der Waals surface area contributed by atoms with E-state index in [2.05, 4.69) is 4.90 Å². The molecule has 1 fully saturated rings. The number of methoxy groups -OCH3 is 1. The highest BCUT2D eigenvalue weighted by molar-refractivity contribution is 6.35. The van der Waals surface area contributed by atoms with E-state index in [-0.39, 0.29) is 0 Å². The van der Waals surface area contributed by atoms with Gasteiger partial charge in [0.25, 0.3) is 0 Å². The molecule has 2 atom stereocenters. The lowest BCUT2D eigenvalue weighted by atomic mass is 9.98. The third-order valence-corrected chi connectivity index (χ3v) is 4.37. The van der Waals surface area contributed by atoms with E-state index in [4.69, 9.17) is 33.7 Å². The topological polar surface area (TPSA) is 38.5 Å². The maximum Gasteiger partial charge on any atom is 0.0599 e. The largest absolute Gasteiger partial charge is 0.381 e. The molecule has 0 aromatic heterocycles. The number of hydrogen-bond acceptors (Lipinski definition) is 3. The van der Waals surface area contributed by atoms with Gasteiger partial charge in [0.2, 0.25) is 0 Å². The van der Waals surface area contributed by atoms with Gasteiger partial charge in [-0.3, -0.25) is 4.90 Å². The Balaban J connectivity index is 2.05. The summed E-state index contributed by atoms with van der Waals surface area (Å²) < 4.78 is 5.44. The Morgan fingerprint density at radius 2 is 2.21 bits per heavy atom. The predicted octanol–water partition coefficient (Wildman–Crippen LogP) is 2.93. The van der Waals surface area contributed by atoms with Gasteiger partial charge in [0.1, 0.15) is 0 Å². The number of benzene rings is 1. The lowest BCUT2D eigenvalue weighted by Gasteiger charge is -2.38. The number of rotatable bonds is 4. The SMILES string of the molecule is COC1CCN(Cc2ccc(Cl)cc2Cl)C(CN)C1. The van der Waals surface area contributed by atoms with E-state index in [1.807, 2.05) is 12.1 Å². The van der Waals surface area contributed by atoms with Crippen molar-refractivity contribution in [2.45, 2.75) is 31.5 Å². The molecule has 19 heavy (non-hydrogen) atoms. The first-order valence-electron chi connectivity index (χ1n) is 6.55. The fraction of sp³-hybridized carbons (Fsp3) is 0.571. The van der Waals surface area contributed by atoms with Crippen LogP contribution in [0.1, 0.15) is 18.4 Å². The first kappa shape index (κ1) is 15.1. The number of likely N-dealkylation sites (tertiary alicyclic amines) is 1. The fourth-order valence-electron chi connectivity index (χ4n) is 2.60. The Kier molecular flexibility index (Phi) is 5.48. The summed E-state index contributed by atoms with van der Waals surface area (Å²) >= 11 is 12.1. The van der Waals surface area contributed by atoms with Crippen molar-refractivity contribution in [3.05, 3.63) is 33.8 Å². The Hall–Kier alpha value is -0.320. The standard InChI is InChI=1S/C14H20Cl2N2O/c1-19-13-4-5-18(12(7-13)8-17)9-10-2-3-11(15)6-14(10)16/h2-3,6,12-13H,4-5,7-9,17H2,1H3. The van der Waals surface area contributed by atoms with Crippen LogP contribution >= 0.6 is 23.2 Å². The molecular formula is C14H20Cl2N2O. The average Bonchev–Trinajstić information content (AvgIpc) is 2.42. The van der Waals surface area contributed by atoms with E-state index in [9.17, 15) is 0 Å². The summed E-state index contributed by atoms with van der Waals surface area (Å²) in [6.45, 7) is 2.44. The third-order valence-electron chi connectivity index (χ3n) is 3.78. The van der Waals surface area contributed by atoms with Gasteiger partial charge in [-0.1, -0.05) is 29.3 Å². The zero-order valence-corrected chi connectivity index (χ0v) is 12.6. The molecule has 1 heterocycles. The summed E-state index contributed by atoms with van der Waals surface area (Å²) in [4.78, 5) is 2.38. The summed E-state index contributed by atoms with van der Waals surface area (Å²) in [7, 11) is 1.77. The van der Waals surface area contributed by atoms with Crippen molar-refractivity contribution >= 4 is 23.2 Å².